The summed E-state index contributed by atoms with van der Waals surface area (Å²) in [6.45, 7) is 2.39. The number of nitrogens with one attached hydrogen (secondary N) is 1. The molecule has 0 aromatic carbocycles. The average Bonchev–Trinajstić information content (AvgIpc) is 2.53. The molecule has 6 heteroatoms. The third-order valence-corrected chi connectivity index (χ3v) is 3.33. The van der Waals surface area contributed by atoms with E-state index in [1.165, 1.54) is 0 Å². The second kappa shape index (κ2) is 7.20. The maximum atomic E-state index is 12.0. The quantitative estimate of drug-likeness (QED) is 0.695. The zero-order valence-corrected chi connectivity index (χ0v) is 10.8. The number of carboxylic acids is 1. The number of aliphatic hydroxyl groups excluding tert-OH is 1. The predicted octanol–water partition coefficient (Wildman–Crippen LogP) is 0.796. The van der Waals surface area contributed by atoms with E-state index >= 15 is 0 Å². The van der Waals surface area contributed by atoms with E-state index in [2.05, 4.69) is 5.32 Å². The predicted molar refractivity (Wildman–Crippen MR) is 66.3 cm³/mol. The van der Waals surface area contributed by atoms with Crippen LogP contribution in [-0.4, -0.2) is 52.3 Å². The first-order chi connectivity index (χ1) is 8.56. The van der Waals surface area contributed by atoms with Gasteiger partial charge in [-0.15, -0.1) is 0 Å². The second-order valence-electron chi connectivity index (χ2n) is 4.74. The molecule has 1 saturated heterocycles. The van der Waals surface area contributed by atoms with Crippen LogP contribution in [0.2, 0.25) is 0 Å². The fraction of sp³-hybridized carbons (Fsp3) is 0.833. The molecule has 0 bridgehead atoms. The first-order valence-corrected chi connectivity index (χ1v) is 6.47. The Morgan fingerprint density at radius 3 is 2.72 bits per heavy atom. The normalized spacial score (nSPS) is 22.1. The van der Waals surface area contributed by atoms with Crippen LogP contribution in [0.1, 0.15) is 39.0 Å². The molecule has 1 fully saturated rings. The molecule has 1 aliphatic heterocycles. The Kier molecular flexibility index (Phi) is 5.91. The van der Waals surface area contributed by atoms with Crippen molar-refractivity contribution in [1.82, 2.24) is 10.2 Å². The Bertz CT molecular complexity index is 296. The Morgan fingerprint density at radius 2 is 2.11 bits per heavy atom. The molecule has 0 radical (unpaired) electrons. The maximum absolute atomic E-state index is 12.0. The van der Waals surface area contributed by atoms with Crippen LogP contribution in [0, 0.1) is 0 Å². The van der Waals surface area contributed by atoms with Gasteiger partial charge in [-0.1, -0.05) is 12.8 Å². The van der Waals surface area contributed by atoms with Crippen LogP contribution in [-0.2, 0) is 4.79 Å². The van der Waals surface area contributed by atoms with Gasteiger partial charge in [0.15, 0.2) is 0 Å². The lowest BCUT2D eigenvalue weighted by atomic mass is 10.1. The van der Waals surface area contributed by atoms with E-state index in [-0.39, 0.29) is 25.1 Å². The summed E-state index contributed by atoms with van der Waals surface area (Å²) < 4.78 is 0. The molecule has 104 valence electrons. The Balaban J connectivity index is 2.58. The number of urea groups is 1. The summed E-state index contributed by atoms with van der Waals surface area (Å²) >= 11 is 0. The van der Waals surface area contributed by atoms with Gasteiger partial charge in [-0.05, 0) is 19.8 Å². The van der Waals surface area contributed by atoms with Crippen molar-refractivity contribution in [2.75, 3.05) is 13.2 Å². The smallest absolute Gasteiger partial charge is 0.326 e. The molecule has 6 nitrogen and oxygen atoms in total. The summed E-state index contributed by atoms with van der Waals surface area (Å²) in [6, 6.07) is -1.22. The second-order valence-corrected chi connectivity index (χ2v) is 4.74. The number of nitrogens with zero attached hydrogens (tertiary/aromatic N) is 1. The Morgan fingerprint density at radius 1 is 1.39 bits per heavy atom. The standard InChI is InChI=1S/C12H22N2O4/c1-9-5-3-2-4-7-14(9)12(18)13-10(6-8-15)11(16)17/h9-10,15H,2-8H2,1H3,(H,13,18)(H,16,17)/t9?,10-/m1/s1. The van der Waals surface area contributed by atoms with Gasteiger partial charge >= 0.3 is 12.0 Å². The molecular formula is C12H22N2O4. The van der Waals surface area contributed by atoms with Crippen LogP contribution in [0.15, 0.2) is 0 Å². The van der Waals surface area contributed by atoms with Crippen molar-refractivity contribution in [1.29, 1.82) is 0 Å². The number of hydrogen-bond acceptors (Lipinski definition) is 3. The van der Waals surface area contributed by atoms with Gasteiger partial charge in [-0.2, -0.15) is 0 Å². The lowest BCUT2D eigenvalue weighted by molar-refractivity contribution is -0.139. The first-order valence-electron chi connectivity index (χ1n) is 6.47. The lowest BCUT2D eigenvalue weighted by Crippen LogP contribution is -2.50. The number of hydrogen-bond donors (Lipinski definition) is 3. The molecule has 1 rings (SSSR count). The molecule has 1 aliphatic rings. The van der Waals surface area contributed by atoms with Crippen molar-refractivity contribution >= 4 is 12.0 Å². The minimum Gasteiger partial charge on any atom is -0.480 e. The fourth-order valence-corrected chi connectivity index (χ4v) is 2.20. The molecular weight excluding hydrogens is 236 g/mol. The number of carbonyl (C=O) groups excluding carboxylic acids is 1. The van der Waals surface area contributed by atoms with Crippen LogP contribution in [0.25, 0.3) is 0 Å². The maximum Gasteiger partial charge on any atom is 0.326 e. The minimum atomic E-state index is -1.11. The Hall–Kier alpha value is -1.30. The third kappa shape index (κ3) is 4.18. The van der Waals surface area contributed by atoms with Crippen LogP contribution in [0.4, 0.5) is 4.79 Å². The van der Waals surface area contributed by atoms with E-state index in [1.807, 2.05) is 6.92 Å². The average molecular weight is 258 g/mol. The van der Waals surface area contributed by atoms with E-state index in [1.54, 1.807) is 4.90 Å². The summed E-state index contributed by atoms with van der Waals surface area (Å²) in [6.07, 6.45) is 4.14. The molecule has 1 heterocycles. The molecule has 1 unspecified atom stereocenters. The van der Waals surface area contributed by atoms with E-state index < -0.39 is 12.0 Å². The van der Waals surface area contributed by atoms with Crippen molar-refractivity contribution in [2.45, 2.75) is 51.1 Å². The number of carboxylic acid groups (broad SMARTS) is 1. The van der Waals surface area contributed by atoms with Crippen LogP contribution in [0.5, 0.6) is 0 Å². The molecule has 0 aliphatic carbocycles. The van der Waals surface area contributed by atoms with Crippen molar-refractivity contribution < 1.29 is 19.8 Å². The number of aliphatic carboxylic acids is 1. The van der Waals surface area contributed by atoms with Gasteiger partial charge in [0.25, 0.3) is 0 Å². The lowest BCUT2D eigenvalue weighted by Gasteiger charge is -2.28. The van der Waals surface area contributed by atoms with Crippen LogP contribution >= 0.6 is 0 Å². The number of likely N-dealkylation sites (tertiary alicyclic amines) is 1. The topological polar surface area (TPSA) is 89.9 Å². The molecule has 0 aromatic rings. The zero-order chi connectivity index (χ0) is 13.5. The van der Waals surface area contributed by atoms with Crippen LogP contribution < -0.4 is 5.32 Å². The van der Waals surface area contributed by atoms with Gasteiger partial charge in [0.2, 0.25) is 0 Å². The van der Waals surface area contributed by atoms with Gasteiger partial charge in [0.1, 0.15) is 6.04 Å². The van der Waals surface area contributed by atoms with Gasteiger partial charge in [-0.3, -0.25) is 0 Å². The molecule has 18 heavy (non-hydrogen) atoms. The largest absolute Gasteiger partial charge is 0.480 e. The number of amides is 2. The molecule has 0 spiro atoms. The number of carbonyl (C=O) groups is 2. The van der Waals surface area contributed by atoms with Crippen molar-refractivity contribution in [3.05, 3.63) is 0 Å². The van der Waals surface area contributed by atoms with Gasteiger partial charge < -0.3 is 20.4 Å². The van der Waals surface area contributed by atoms with E-state index in [0.29, 0.717) is 6.54 Å². The van der Waals surface area contributed by atoms with Crippen molar-refractivity contribution in [3.63, 3.8) is 0 Å². The zero-order valence-electron chi connectivity index (χ0n) is 10.8. The van der Waals surface area contributed by atoms with Gasteiger partial charge in [0, 0.05) is 25.6 Å². The fourth-order valence-electron chi connectivity index (χ4n) is 2.20. The molecule has 3 N–H and O–H groups in total. The molecule has 0 aromatic heterocycles. The SMILES string of the molecule is CC1CCCCCN1C(=O)N[C@H](CCO)C(=O)O. The monoisotopic (exact) mass is 258 g/mol. The summed E-state index contributed by atoms with van der Waals surface area (Å²) in [4.78, 5) is 24.6. The van der Waals surface area contributed by atoms with E-state index in [0.717, 1.165) is 25.7 Å². The summed E-state index contributed by atoms with van der Waals surface area (Å²) in [5, 5.41) is 20.2. The van der Waals surface area contributed by atoms with Crippen molar-refractivity contribution in [2.24, 2.45) is 0 Å². The summed E-state index contributed by atoms with van der Waals surface area (Å²) in [5.74, 6) is -1.11. The highest BCUT2D eigenvalue weighted by molar-refractivity contribution is 5.82. The minimum absolute atomic E-state index is 0.0310. The highest BCUT2D eigenvalue weighted by Crippen LogP contribution is 2.16. The summed E-state index contributed by atoms with van der Waals surface area (Å²) in [7, 11) is 0. The van der Waals surface area contributed by atoms with E-state index in [9.17, 15) is 9.59 Å². The number of aliphatic hydroxyl groups is 1. The summed E-state index contributed by atoms with van der Waals surface area (Å²) in [5.41, 5.74) is 0. The van der Waals surface area contributed by atoms with E-state index in [4.69, 9.17) is 10.2 Å². The highest BCUT2D eigenvalue weighted by atomic mass is 16.4. The molecule has 2 amide bonds. The van der Waals surface area contributed by atoms with Crippen molar-refractivity contribution in [3.8, 4) is 0 Å². The highest BCUT2D eigenvalue weighted by Gasteiger charge is 2.26. The van der Waals surface area contributed by atoms with Crippen LogP contribution in [0.3, 0.4) is 0 Å². The molecule has 2 atom stereocenters. The van der Waals surface area contributed by atoms with Gasteiger partial charge in [0.05, 0.1) is 0 Å². The first kappa shape index (κ1) is 14.8. The number of rotatable bonds is 4. The van der Waals surface area contributed by atoms with Gasteiger partial charge in [-0.25, -0.2) is 9.59 Å². The third-order valence-electron chi connectivity index (χ3n) is 3.33. The molecule has 0 saturated carbocycles. The Labute approximate surface area is 107 Å².